The quantitative estimate of drug-likeness (QED) is 0.0500. The molecular formula is C55H89N11O14. The lowest BCUT2D eigenvalue weighted by Crippen LogP contribution is -2.61. The van der Waals surface area contributed by atoms with Gasteiger partial charge in [-0.25, -0.2) is 0 Å². The molecule has 80 heavy (non-hydrogen) atoms. The Labute approximate surface area is 468 Å². The van der Waals surface area contributed by atoms with Crippen LogP contribution in [0.2, 0.25) is 0 Å². The fraction of sp³-hybridized carbons (Fsp3) is 0.691. The predicted octanol–water partition coefficient (Wildman–Crippen LogP) is -0.380. The Bertz CT molecular complexity index is 2230. The number of primary amides is 3. The number of nitrogens with one attached hydrogen (secondary N) is 7. The molecule has 0 saturated carbocycles. The molecule has 10 atom stereocenters. The van der Waals surface area contributed by atoms with Gasteiger partial charge in [-0.15, -0.1) is 0 Å². The fourth-order valence-electron chi connectivity index (χ4n) is 9.89. The number of nitrogens with zero attached hydrogens (tertiary/aromatic N) is 1. The second-order valence-electron chi connectivity index (χ2n) is 21.5. The van der Waals surface area contributed by atoms with Gasteiger partial charge in [0.05, 0.1) is 25.6 Å². The van der Waals surface area contributed by atoms with E-state index in [-0.39, 0.29) is 38.0 Å². The lowest BCUT2D eigenvalue weighted by molar-refractivity contribution is -0.143. The van der Waals surface area contributed by atoms with E-state index >= 15 is 0 Å². The van der Waals surface area contributed by atoms with Gasteiger partial charge in [0.2, 0.25) is 65.0 Å². The summed E-state index contributed by atoms with van der Waals surface area (Å²) in [7, 11) is 0. The van der Waals surface area contributed by atoms with Crippen LogP contribution in [0.15, 0.2) is 24.3 Å². The molecule has 0 aromatic heterocycles. The predicted molar refractivity (Wildman–Crippen MR) is 294 cm³/mol. The monoisotopic (exact) mass is 1130 g/mol. The van der Waals surface area contributed by atoms with Gasteiger partial charge in [-0.3, -0.25) is 52.7 Å². The van der Waals surface area contributed by atoms with Crippen molar-refractivity contribution in [3.05, 3.63) is 29.8 Å². The molecule has 2 aliphatic rings. The Morgan fingerprint density at radius 2 is 1.12 bits per heavy atom. The number of amides is 11. The molecule has 448 valence electrons. The minimum absolute atomic E-state index is 0.00964. The van der Waals surface area contributed by atoms with Crippen LogP contribution in [0.5, 0.6) is 5.75 Å². The van der Waals surface area contributed by atoms with Crippen LogP contribution in [0, 0.1) is 5.92 Å². The molecule has 2 aliphatic heterocycles. The molecule has 2 saturated heterocycles. The number of nitrogens with two attached hydrogens (primary N) is 3. The highest BCUT2D eigenvalue weighted by molar-refractivity contribution is 6.00. The van der Waals surface area contributed by atoms with Gasteiger partial charge in [-0.2, -0.15) is 0 Å². The molecule has 0 radical (unpaired) electrons. The first kappa shape index (κ1) is 67.4. The highest BCUT2D eigenvalue weighted by Gasteiger charge is 2.41. The maximum atomic E-state index is 14.3. The first-order valence-electron chi connectivity index (χ1n) is 28.4. The average molecular weight is 1130 g/mol. The molecule has 25 nitrogen and oxygen atoms in total. The lowest BCUT2D eigenvalue weighted by atomic mass is 9.95. The number of carbonyl (C=O) groups excluding carboxylic acids is 11. The van der Waals surface area contributed by atoms with Crippen molar-refractivity contribution >= 4 is 65.0 Å². The van der Waals surface area contributed by atoms with E-state index in [1.807, 2.05) is 0 Å². The number of rotatable bonds is 27. The summed E-state index contributed by atoms with van der Waals surface area (Å²) in [5.74, 6) is -10.6. The number of aliphatic hydroxyl groups is 2. The van der Waals surface area contributed by atoms with Crippen molar-refractivity contribution in [2.24, 2.45) is 23.1 Å². The number of phenols is 1. The second kappa shape index (κ2) is 35.7. The first-order chi connectivity index (χ1) is 38.0. The molecule has 0 spiro atoms. The topological polar surface area (TPSA) is 414 Å². The van der Waals surface area contributed by atoms with Gasteiger partial charge in [-0.1, -0.05) is 116 Å². The van der Waals surface area contributed by atoms with Crippen LogP contribution in [-0.4, -0.2) is 153 Å². The van der Waals surface area contributed by atoms with Gasteiger partial charge in [0.25, 0.3) is 0 Å². The molecule has 1 aromatic rings. The third-order valence-electron chi connectivity index (χ3n) is 14.4. The largest absolute Gasteiger partial charge is 0.508 e. The zero-order valence-corrected chi connectivity index (χ0v) is 46.8. The van der Waals surface area contributed by atoms with E-state index in [9.17, 15) is 68.1 Å². The van der Waals surface area contributed by atoms with Crippen LogP contribution in [-0.2, 0) is 59.2 Å². The van der Waals surface area contributed by atoms with Crippen molar-refractivity contribution in [2.75, 3.05) is 13.2 Å². The molecule has 2 heterocycles. The summed E-state index contributed by atoms with van der Waals surface area (Å²) >= 11 is 0. The molecule has 2 fully saturated rings. The fourth-order valence-corrected chi connectivity index (χ4v) is 9.89. The Balaban J connectivity index is 2.01. The van der Waals surface area contributed by atoms with Gasteiger partial charge in [0, 0.05) is 31.8 Å². The van der Waals surface area contributed by atoms with Crippen LogP contribution in [0.25, 0.3) is 0 Å². The highest BCUT2D eigenvalue weighted by Crippen LogP contribution is 2.22. The molecule has 0 bridgehead atoms. The van der Waals surface area contributed by atoms with E-state index in [0.29, 0.717) is 24.3 Å². The number of unbranched alkanes of at least 4 members (excludes halogenated alkanes) is 10. The molecule has 16 N–H and O–H groups in total. The standard InChI is InChI=1S/C55H89N11O14/c1-4-5-6-7-10-13-17-33(2)18-14-11-8-9-12-15-19-36-29-47(73)60-40(30-45(57)71)51(76)62-39(28-35-21-23-37(69)24-22-35)50(75)63-41(31-46(58)72)55(80)66-27-16-20-43(66)53(78)61-38(25-26-44(56)70)49(74)64-42(32-67)52(77)65-48(34(3)68)54(79)59-36/h21-24,33-34,36,38-43,48,67-69H,4-20,25-32H2,1-3H3,(H2,56,70)(H2,57,71)(H2,58,72)(H,59,79)(H,60,73)(H,61,78)(H,62,76)(H,63,75)(H,64,74)(H,65,77)/t33?,34-,36?,38+,39-,40+,41-,42-,43+,48+/m1/s1. The second-order valence-corrected chi connectivity index (χ2v) is 21.5. The minimum Gasteiger partial charge on any atom is -0.508 e. The van der Waals surface area contributed by atoms with Crippen molar-refractivity contribution in [1.29, 1.82) is 0 Å². The first-order valence-corrected chi connectivity index (χ1v) is 28.4. The number of aromatic hydroxyl groups is 1. The van der Waals surface area contributed by atoms with Gasteiger partial charge in [0.15, 0.2) is 0 Å². The van der Waals surface area contributed by atoms with Crippen molar-refractivity contribution in [1.82, 2.24) is 42.1 Å². The van der Waals surface area contributed by atoms with E-state index in [1.54, 1.807) is 0 Å². The third kappa shape index (κ3) is 24.6. The number of hydrogen-bond acceptors (Lipinski definition) is 14. The van der Waals surface area contributed by atoms with Crippen LogP contribution in [0.1, 0.15) is 168 Å². The zero-order valence-electron chi connectivity index (χ0n) is 46.8. The van der Waals surface area contributed by atoms with Crippen molar-refractivity contribution in [3.8, 4) is 5.75 Å². The molecule has 0 aliphatic carbocycles. The Morgan fingerprint density at radius 1 is 0.600 bits per heavy atom. The van der Waals surface area contributed by atoms with Crippen LogP contribution < -0.4 is 54.4 Å². The Hall–Kier alpha value is -6.89. The normalized spacial score (nSPS) is 24.0. The van der Waals surface area contributed by atoms with E-state index < -0.39 is 158 Å². The van der Waals surface area contributed by atoms with Crippen LogP contribution >= 0.6 is 0 Å². The smallest absolute Gasteiger partial charge is 0.246 e. The van der Waals surface area contributed by atoms with Crippen LogP contribution in [0.3, 0.4) is 0 Å². The van der Waals surface area contributed by atoms with Crippen LogP contribution in [0.4, 0.5) is 0 Å². The number of hydrogen-bond donors (Lipinski definition) is 13. The summed E-state index contributed by atoms with van der Waals surface area (Å²) in [6.45, 7) is 4.54. The Kier molecular flexibility index (Phi) is 30.0. The highest BCUT2D eigenvalue weighted by atomic mass is 16.3. The van der Waals surface area contributed by atoms with Crippen molar-refractivity contribution in [3.63, 3.8) is 0 Å². The molecule has 25 heteroatoms. The number of aliphatic hydroxyl groups excluding tert-OH is 2. The molecule has 1 aromatic carbocycles. The minimum atomic E-state index is -1.81. The maximum absolute atomic E-state index is 14.3. The molecule has 11 amide bonds. The van der Waals surface area contributed by atoms with E-state index in [4.69, 9.17) is 17.2 Å². The van der Waals surface area contributed by atoms with Crippen molar-refractivity contribution < 1.29 is 68.1 Å². The number of benzene rings is 1. The average Bonchev–Trinajstić information content (AvgIpc) is 3.90. The molecule has 2 unspecified atom stereocenters. The Morgan fingerprint density at radius 3 is 1.71 bits per heavy atom. The third-order valence-corrected chi connectivity index (χ3v) is 14.4. The van der Waals surface area contributed by atoms with E-state index in [2.05, 4.69) is 51.1 Å². The molecular weight excluding hydrogens is 1040 g/mol. The van der Waals surface area contributed by atoms with Gasteiger partial charge < -0.3 is 74.6 Å². The summed E-state index contributed by atoms with van der Waals surface area (Å²) in [4.78, 5) is 150. The van der Waals surface area contributed by atoms with E-state index in [1.165, 1.54) is 76.1 Å². The zero-order chi connectivity index (χ0) is 59.3. The SMILES string of the molecule is CCCCCCCCC(C)CCCCCCCCC1CC(=O)N[C@@H](CC(N)=O)C(=O)N[C@H](Cc2ccc(O)cc2)C(=O)N[C@H](CC(N)=O)C(=O)N2CCC[C@H]2C(=O)N[C@@H](CCC(N)=O)C(=O)N[C@H](CO)C(=O)N[C@@H]([C@@H](C)O)C(=O)N1. The summed E-state index contributed by atoms with van der Waals surface area (Å²) in [6, 6.07) is -7.10. The summed E-state index contributed by atoms with van der Waals surface area (Å²) in [6.07, 6.45) is 10.6. The van der Waals surface area contributed by atoms with Gasteiger partial charge in [0.1, 0.15) is 48.0 Å². The van der Waals surface area contributed by atoms with Gasteiger partial charge in [-0.05, 0) is 56.2 Å². The van der Waals surface area contributed by atoms with Gasteiger partial charge >= 0.3 is 0 Å². The summed E-state index contributed by atoms with van der Waals surface area (Å²) in [5.41, 5.74) is 16.9. The number of fused-ring (bicyclic) bond motifs is 1. The van der Waals surface area contributed by atoms with E-state index in [0.717, 1.165) is 37.0 Å². The number of carbonyl (C=O) groups is 11. The molecule has 3 rings (SSSR count). The summed E-state index contributed by atoms with van der Waals surface area (Å²) < 4.78 is 0. The maximum Gasteiger partial charge on any atom is 0.246 e. The lowest BCUT2D eigenvalue weighted by Gasteiger charge is -2.30. The number of phenolic OH excluding ortho intramolecular Hbond substituents is 1. The van der Waals surface area contributed by atoms with Crippen molar-refractivity contribution in [2.45, 2.75) is 223 Å². The summed E-state index contributed by atoms with van der Waals surface area (Å²) in [5, 5.41) is 48.3.